The summed E-state index contributed by atoms with van der Waals surface area (Å²) < 4.78 is 2.53. The van der Waals surface area contributed by atoms with Crippen LogP contribution in [0.2, 0.25) is 0 Å². The Hall–Kier alpha value is -2.35. The second kappa shape index (κ2) is 24.7. The predicted octanol–water partition coefficient (Wildman–Crippen LogP) is 14.2. The molecule has 2 unspecified atom stereocenters. The molecule has 2 nitrogen and oxygen atoms in total. The van der Waals surface area contributed by atoms with Crippen LogP contribution in [-0.2, 0) is 18.4 Å². The van der Waals surface area contributed by atoms with E-state index in [0.717, 1.165) is 13.0 Å². The molecule has 0 N–H and O–H groups in total. The van der Waals surface area contributed by atoms with Crippen molar-refractivity contribution >= 4 is 0 Å². The van der Waals surface area contributed by atoms with Gasteiger partial charge in [-0.25, -0.2) is 4.98 Å². The number of imidazole rings is 1. The highest BCUT2D eigenvalue weighted by Gasteiger charge is 2.39. The summed E-state index contributed by atoms with van der Waals surface area (Å²) in [5.41, 5.74) is 2.84. The van der Waals surface area contributed by atoms with Gasteiger partial charge in [0.05, 0.1) is 0 Å². The molecule has 0 spiro atoms. The summed E-state index contributed by atoms with van der Waals surface area (Å²) in [5, 5.41) is 0. The van der Waals surface area contributed by atoms with Crippen LogP contribution in [0.1, 0.15) is 191 Å². The summed E-state index contributed by atoms with van der Waals surface area (Å²) in [7, 11) is 0. The smallest absolute Gasteiger partial charge is 0.112 e. The third-order valence-corrected chi connectivity index (χ3v) is 10.8. The second-order valence-electron chi connectivity index (χ2n) is 14.8. The molecule has 2 aromatic carbocycles. The Morgan fingerprint density at radius 2 is 1.00 bits per heavy atom. The van der Waals surface area contributed by atoms with Crippen molar-refractivity contribution in [1.82, 2.24) is 9.55 Å². The fourth-order valence-electron chi connectivity index (χ4n) is 7.78. The van der Waals surface area contributed by atoms with Gasteiger partial charge in [-0.15, -0.1) is 0 Å². The number of benzene rings is 2. The molecule has 0 saturated carbocycles. The van der Waals surface area contributed by atoms with Gasteiger partial charge in [-0.3, -0.25) is 0 Å². The molecule has 262 valence electrons. The maximum absolute atomic E-state index is 5.15. The van der Waals surface area contributed by atoms with Gasteiger partial charge in [-0.05, 0) is 30.4 Å². The number of unbranched alkanes of at least 4 members (excludes halogenated alkanes) is 20. The van der Waals surface area contributed by atoms with Crippen molar-refractivity contribution < 1.29 is 0 Å². The zero-order valence-corrected chi connectivity index (χ0v) is 31.1. The molecule has 0 amide bonds. The Bertz CT molecular complexity index is 1120. The maximum Gasteiger partial charge on any atom is 0.112 e. The molecule has 2 heteroatoms. The van der Waals surface area contributed by atoms with E-state index in [9.17, 15) is 0 Å². The third-order valence-electron chi connectivity index (χ3n) is 10.8. The molecule has 3 aromatic rings. The zero-order valence-electron chi connectivity index (χ0n) is 31.1. The second-order valence-corrected chi connectivity index (χ2v) is 14.8. The minimum absolute atomic E-state index is 0.0254. The highest BCUT2D eigenvalue weighted by atomic mass is 15.1. The van der Waals surface area contributed by atoms with Gasteiger partial charge in [0.1, 0.15) is 5.82 Å². The quantitative estimate of drug-likeness (QED) is 0.0690. The van der Waals surface area contributed by atoms with Gasteiger partial charge in [0.25, 0.3) is 0 Å². The average molecular weight is 641 g/mol. The predicted molar refractivity (Wildman–Crippen MR) is 206 cm³/mol. The lowest BCUT2D eigenvalue weighted by Gasteiger charge is -2.39. The molecule has 0 radical (unpaired) electrons. The van der Waals surface area contributed by atoms with Gasteiger partial charge >= 0.3 is 0 Å². The van der Waals surface area contributed by atoms with Gasteiger partial charge in [0, 0.05) is 30.3 Å². The minimum atomic E-state index is -0.0254. The summed E-state index contributed by atoms with van der Waals surface area (Å²) in [6.45, 7) is 8.23. The number of nitrogens with zero attached hydrogens (tertiary/aromatic N) is 2. The van der Waals surface area contributed by atoms with Crippen molar-refractivity contribution in [2.75, 3.05) is 0 Å². The number of hydrogen-bond donors (Lipinski definition) is 0. The summed E-state index contributed by atoms with van der Waals surface area (Å²) >= 11 is 0. The summed E-state index contributed by atoms with van der Waals surface area (Å²) in [4.78, 5) is 5.15. The first-order chi connectivity index (χ1) is 23.2. The van der Waals surface area contributed by atoms with E-state index in [0.29, 0.717) is 5.92 Å². The molecule has 0 aliphatic heterocycles. The van der Waals surface area contributed by atoms with E-state index >= 15 is 0 Å². The maximum atomic E-state index is 5.15. The summed E-state index contributed by atoms with van der Waals surface area (Å²) in [6, 6.07) is 22.5. The topological polar surface area (TPSA) is 17.8 Å². The Morgan fingerprint density at radius 1 is 0.553 bits per heavy atom. The number of aromatic nitrogens is 2. The Morgan fingerprint density at radius 3 is 1.51 bits per heavy atom. The van der Waals surface area contributed by atoms with E-state index in [-0.39, 0.29) is 5.41 Å². The van der Waals surface area contributed by atoms with Crippen LogP contribution in [0.15, 0.2) is 73.1 Å². The molecule has 3 rings (SSSR count). The van der Waals surface area contributed by atoms with E-state index < -0.39 is 0 Å². The average Bonchev–Trinajstić information content (AvgIpc) is 3.56. The standard InChI is InChI=1S/C45H72N2/c1-4-6-8-10-12-14-15-16-17-18-19-21-23-31-38-47-39-37-46-44(47)43(36-30-22-20-13-11-9-7-5-2)45(3,42-34-28-25-29-35-42)40-41-32-26-24-27-33-41/h24-29,32-35,37,39,43H,4-23,30-31,36,38,40H2,1-3H3. The normalized spacial score (nSPS) is 13.5. The van der Waals surface area contributed by atoms with Crippen LogP contribution >= 0.6 is 0 Å². The summed E-state index contributed by atoms with van der Waals surface area (Å²) in [5.74, 6) is 1.69. The Balaban J connectivity index is 1.57. The van der Waals surface area contributed by atoms with E-state index in [1.54, 1.807) is 0 Å². The highest BCUT2D eigenvalue weighted by molar-refractivity contribution is 5.33. The molecular formula is C45H72N2. The molecule has 0 saturated heterocycles. The summed E-state index contributed by atoms with van der Waals surface area (Å²) in [6.07, 6.45) is 37.1. The van der Waals surface area contributed by atoms with Crippen LogP contribution in [-0.4, -0.2) is 9.55 Å². The van der Waals surface area contributed by atoms with E-state index in [1.807, 2.05) is 0 Å². The van der Waals surface area contributed by atoms with Crippen molar-refractivity contribution in [3.05, 3.63) is 90.0 Å². The number of aryl methyl sites for hydroxylation is 1. The lowest BCUT2D eigenvalue weighted by atomic mass is 9.66. The first-order valence-corrected chi connectivity index (χ1v) is 20.3. The number of rotatable bonds is 29. The van der Waals surface area contributed by atoms with E-state index in [1.165, 1.54) is 165 Å². The van der Waals surface area contributed by atoms with Crippen molar-refractivity contribution in [1.29, 1.82) is 0 Å². The van der Waals surface area contributed by atoms with Crippen molar-refractivity contribution in [2.24, 2.45) is 0 Å². The van der Waals surface area contributed by atoms with Crippen LogP contribution in [0.3, 0.4) is 0 Å². The van der Waals surface area contributed by atoms with Crippen LogP contribution < -0.4 is 0 Å². The Kier molecular flexibility index (Phi) is 20.6. The molecule has 0 aliphatic carbocycles. The van der Waals surface area contributed by atoms with E-state index in [4.69, 9.17) is 4.98 Å². The fraction of sp³-hybridized carbons (Fsp3) is 0.667. The first-order valence-electron chi connectivity index (χ1n) is 20.3. The molecule has 0 fully saturated rings. The molecular weight excluding hydrogens is 569 g/mol. The van der Waals surface area contributed by atoms with Crippen LogP contribution in [0.4, 0.5) is 0 Å². The van der Waals surface area contributed by atoms with Gasteiger partial charge in [-0.1, -0.05) is 216 Å². The van der Waals surface area contributed by atoms with E-state index in [2.05, 4.69) is 98.4 Å². The van der Waals surface area contributed by atoms with Crippen molar-refractivity contribution in [2.45, 2.75) is 193 Å². The van der Waals surface area contributed by atoms with Gasteiger partial charge < -0.3 is 4.57 Å². The van der Waals surface area contributed by atoms with Crippen LogP contribution in [0, 0.1) is 0 Å². The molecule has 0 bridgehead atoms. The Labute approximate surface area is 291 Å². The molecule has 0 aliphatic rings. The van der Waals surface area contributed by atoms with Gasteiger partial charge in [0.15, 0.2) is 0 Å². The van der Waals surface area contributed by atoms with Gasteiger partial charge in [0.2, 0.25) is 0 Å². The third kappa shape index (κ3) is 15.2. The first kappa shape index (κ1) is 39.1. The minimum Gasteiger partial charge on any atom is -0.335 e. The molecule has 47 heavy (non-hydrogen) atoms. The van der Waals surface area contributed by atoms with Crippen LogP contribution in [0.5, 0.6) is 0 Å². The fourth-order valence-corrected chi connectivity index (χ4v) is 7.78. The largest absolute Gasteiger partial charge is 0.335 e. The molecule has 1 aromatic heterocycles. The number of hydrogen-bond acceptors (Lipinski definition) is 1. The van der Waals surface area contributed by atoms with Gasteiger partial charge in [-0.2, -0.15) is 0 Å². The molecule has 1 heterocycles. The van der Waals surface area contributed by atoms with Crippen molar-refractivity contribution in [3.63, 3.8) is 0 Å². The SMILES string of the molecule is CCCCCCCCCCCCCCCCn1ccnc1C(CCCCCCCCCC)C(C)(Cc1ccccc1)c1ccccc1. The highest BCUT2D eigenvalue weighted by Crippen LogP contribution is 2.44. The lowest BCUT2D eigenvalue weighted by molar-refractivity contribution is 0.321. The zero-order chi connectivity index (χ0) is 33.3. The van der Waals surface area contributed by atoms with Crippen molar-refractivity contribution in [3.8, 4) is 0 Å². The molecule has 2 atom stereocenters. The monoisotopic (exact) mass is 641 g/mol. The lowest BCUT2D eigenvalue weighted by Crippen LogP contribution is -2.35. The van der Waals surface area contributed by atoms with Crippen LogP contribution in [0.25, 0.3) is 0 Å².